The van der Waals surface area contributed by atoms with Crippen LogP contribution >= 0.6 is 11.8 Å². The largest absolute Gasteiger partial charge is 0.325 e. The molecular formula is C22H24N2OS. The molecule has 0 saturated carbocycles. The van der Waals surface area contributed by atoms with Crippen LogP contribution in [-0.4, -0.2) is 16.1 Å². The van der Waals surface area contributed by atoms with Crippen molar-refractivity contribution >= 4 is 34.3 Å². The summed E-state index contributed by atoms with van der Waals surface area (Å²) in [7, 11) is 0. The van der Waals surface area contributed by atoms with E-state index in [1.807, 2.05) is 39.0 Å². The first-order chi connectivity index (χ1) is 12.3. The van der Waals surface area contributed by atoms with E-state index in [1.54, 1.807) is 0 Å². The number of carbonyl (C=O) groups is 1. The summed E-state index contributed by atoms with van der Waals surface area (Å²) in [5, 5.41) is 4.89. The Morgan fingerprint density at radius 3 is 2.35 bits per heavy atom. The molecule has 0 aliphatic rings. The molecule has 4 heteroatoms. The number of pyridine rings is 1. The molecule has 1 aromatic heterocycles. The van der Waals surface area contributed by atoms with Gasteiger partial charge >= 0.3 is 0 Å². The van der Waals surface area contributed by atoms with Gasteiger partial charge in [0.15, 0.2) is 0 Å². The number of carbonyl (C=O) groups excluding carboxylic acids is 1. The molecule has 26 heavy (non-hydrogen) atoms. The van der Waals surface area contributed by atoms with Crippen LogP contribution in [-0.2, 0) is 4.79 Å². The fourth-order valence-corrected chi connectivity index (χ4v) is 4.14. The summed E-state index contributed by atoms with van der Waals surface area (Å²) in [5.41, 5.74) is 6.44. The highest BCUT2D eigenvalue weighted by Crippen LogP contribution is 2.28. The summed E-state index contributed by atoms with van der Waals surface area (Å²) in [6.07, 6.45) is 0. The second-order valence-corrected chi connectivity index (χ2v) is 8.18. The highest BCUT2D eigenvalue weighted by atomic mass is 32.2. The lowest BCUT2D eigenvalue weighted by Gasteiger charge is -2.16. The number of nitrogens with one attached hydrogen (secondary N) is 1. The monoisotopic (exact) mass is 364 g/mol. The Morgan fingerprint density at radius 1 is 1.00 bits per heavy atom. The molecule has 0 spiro atoms. The predicted molar refractivity (Wildman–Crippen MR) is 111 cm³/mol. The molecule has 1 amide bonds. The van der Waals surface area contributed by atoms with E-state index in [2.05, 4.69) is 43.4 Å². The normalized spacial score (nSPS) is 12.2. The van der Waals surface area contributed by atoms with Gasteiger partial charge in [0.2, 0.25) is 5.91 Å². The van der Waals surface area contributed by atoms with Crippen molar-refractivity contribution in [1.29, 1.82) is 0 Å². The van der Waals surface area contributed by atoms with Gasteiger partial charge in [0.25, 0.3) is 0 Å². The van der Waals surface area contributed by atoms with Gasteiger partial charge in [0.1, 0.15) is 0 Å². The summed E-state index contributed by atoms with van der Waals surface area (Å²) >= 11 is 1.49. The third kappa shape index (κ3) is 3.91. The molecule has 3 rings (SSSR count). The van der Waals surface area contributed by atoms with E-state index in [0.29, 0.717) is 0 Å². The Balaban J connectivity index is 1.78. The zero-order chi connectivity index (χ0) is 18.8. The highest BCUT2D eigenvalue weighted by molar-refractivity contribution is 8.00. The number of aryl methyl sites for hydroxylation is 4. The number of thioether (sulfide) groups is 1. The molecular weight excluding hydrogens is 340 g/mol. The predicted octanol–water partition coefficient (Wildman–Crippen LogP) is 5.59. The van der Waals surface area contributed by atoms with Crippen molar-refractivity contribution in [3.63, 3.8) is 0 Å². The maximum Gasteiger partial charge on any atom is 0.237 e. The fourth-order valence-electron chi connectivity index (χ4n) is 3.22. The molecule has 0 fully saturated rings. The van der Waals surface area contributed by atoms with Crippen molar-refractivity contribution in [2.45, 2.75) is 44.9 Å². The number of anilines is 1. The van der Waals surface area contributed by atoms with E-state index in [0.717, 1.165) is 32.7 Å². The maximum atomic E-state index is 12.7. The van der Waals surface area contributed by atoms with Gasteiger partial charge in [0.05, 0.1) is 15.8 Å². The number of hydrogen-bond acceptors (Lipinski definition) is 3. The average molecular weight is 365 g/mol. The summed E-state index contributed by atoms with van der Waals surface area (Å²) in [6, 6.07) is 14.3. The Hall–Kier alpha value is -2.33. The molecule has 1 unspecified atom stereocenters. The Labute approximate surface area is 159 Å². The number of hydrogen-bond donors (Lipinski definition) is 1. The molecule has 0 saturated heterocycles. The molecule has 0 radical (unpaired) electrons. The number of fused-ring (bicyclic) bond motifs is 1. The standard InChI is InChI=1S/C22H24N2OS/c1-13-10-15(3)21(16(4)11-13)24-22(25)17(5)26-20-12-14(2)18-8-6-7-9-19(18)23-20/h6-12,17H,1-5H3,(H,24,25). The molecule has 3 aromatic rings. The van der Waals surface area contributed by atoms with Crippen molar-refractivity contribution in [2.24, 2.45) is 0 Å². The average Bonchev–Trinajstić information content (AvgIpc) is 2.58. The maximum absolute atomic E-state index is 12.7. The second-order valence-electron chi connectivity index (χ2n) is 6.82. The Kier molecular flexibility index (Phi) is 5.33. The van der Waals surface area contributed by atoms with Crippen LogP contribution in [0.3, 0.4) is 0 Å². The quantitative estimate of drug-likeness (QED) is 0.614. The molecule has 1 heterocycles. The number of para-hydroxylation sites is 1. The van der Waals surface area contributed by atoms with Crippen molar-refractivity contribution in [1.82, 2.24) is 4.98 Å². The van der Waals surface area contributed by atoms with Gasteiger partial charge in [-0.2, -0.15) is 0 Å². The third-order valence-corrected chi connectivity index (χ3v) is 5.51. The van der Waals surface area contributed by atoms with Crippen LogP contribution in [0.15, 0.2) is 47.5 Å². The first kappa shape index (κ1) is 18.5. The molecule has 0 bridgehead atoms. The topological polar surface area (TPSA) is 42.0 Å². The van der Waals surface area contributed by atoms with Crippen LogP contribution in [0, 0.1) is 27.7 Å². The van der Waals surface area contributed by atoms with Gasteiger partial charge in [-0.15, -0.1) is 0 Å². The van der Waals surface area contributed by atoms with Gasteiger partial charge < -0.3 is 5.32 Å². The van der Waals surface area contributed by atoms with Gasteiger partial charge in [-0.3, -0.25) is 4.79 Å². The first-order valence-electron chi connectivity index (χ1n) is 8.77. The minimum absolute atomic E-state index is 0.00216. The SMILES string of the molecule is Cc1cc(C)c(NC(=O)C(C)Sc2cc(C)c3ccccc3n2)c(C)c1. The minimum atomic E-state index is -0.233. The highest BCUT2D eigenvalue weighted by Gasteiger charge is 2.18. The van der Waals surface area contributed by atoms with Crippen LogP contribution < -0.4 is 5.32 Å². The zero-order valence-corrected chi connectivity index (χ0v) is 16.7. The van der Waals surface area contributed by atoms with Crippen LogP contribution in [0.4, 0.5) is 5.69 Å². The van der Waals surface area contributed by atoms with Crippen LogP contribution in [0.1, 0.15) is 29.2 Å². The number of rotatable bonds is 4. The van der Waals surface area contributed by atoms with Crippen LogP contribution in [0.2, 0.25) is 0 Å². The van der Waals surface area contributed by atoms with Crippen molar-refractivity contribution in [2.75, 3.05) is 5.32 Å². The van der Waals surface area contributed by atoms with Crippen molar-refractivity contribution < 1.29 is 4.79 Å². The molecule has 0 aliphatic heterocycles. The number of benzene rings is 2. The summed E-state index contributed by atoms with van der Waals surface area (Å²) in [5.74, 6) is -0.00216. The molecule has 1 atom stereocenters. The molecule has 0 aliphatic carbocycles. The zero-order valence-electron chi connectivity index (χ0n) is 15.9. The molecule has 2 aromatic carbocycles. The third-order valence-electron chi connectivity index (χ3n) is 4.49. The molecule has 3 nitrogen and oxygen atoms in total. The fraction of sp³-hybridized carbons (Fsp3) is 0.273. The lowest BCUT2D eigenvalue weighted by atomic mass is 10.1. The van der Waals surface area contributed by atoms with E-state index < -0.39 is 0 Å². The smallest absolute Gasteiger partial charge is 0.237 e. The number of nitrogens with zero attached hydrogens (tertiary/aromatic N) is 1. The molecule has 1 N–H and O–H groups in total. The lowest BCUT2D eigenvalue weighted by molar-refractivity contribution is -0.115. The Bertz CT molecular complexity index is 958. The van der Waals surface area contributed by atoms with E-state index in [1.165, 1.54) is 22.9 Å². The van der Waals surface area contributed by atoms with E-state index >= 15 is 0 Å². The van der Waals surface area contributed by atoms with Gasteiger partial charge in [-0.1, -0.05) is 47.7 Å². The van der Waals surface area contributed by atoms with Crippen molar-refractivity contribution in [3.05, 3.63) is 64.7 Å². The summed E-state index contributed by atoms with van der Waals surface area (Å²) in [6.45, 7) is 10.1. The van der Waals surface area contributed by atoms with Gasteiger partial charge in [0, 0.05) is 11.1 Å². The molecule has 134 valence electrons. The second kappa shape index (κ2) is 7.50. The summed E-state index contributed by atoms with van der Waals surface area (Å²) < 4.78 is 0. The van der Waals surface area contributed by atoms with E-state index in [4.69, 9.17) is 4.98 Å². The van der Waals surface area contributed by atoms with E-state index in [-0.39, 0.29) is 11.2 Å². The lowest BCUT2D eigenvalue weighted by Crippen LogP contribution is -2.23. The summed E-state index contributed by atoms with van der Waals surface area (Å²) in [4.78, 5) is 17.4. The Morgan fingerprint density at radius 2 is 1.65 bits per heavy atom. The minimum Gasteiger partial charge on any atom is -0.325 e. The van der Waals surface area contributed by atoms with Crippen molar-refractivity contribution in [3.8, 4) is 0 Å². The first-order valence-corrected chi connectivity index (χ1v) is 9.65. The van der Waals surface area contributed by atoms with Gasteiger partial charge in [-0.25, -0.2) is 4.98 Å². The van der Waals surface area contributed by atoms with Crippen LogP contribution in [0.5, 0.6) is 0 Å². The number of aromatic nitrogens is 1. The van der Waals surface area contributed by atoms with Gasteiger partial charge in [-0.05, 0) is 63.4 Å². The van der Waals surface area contributed by atoms with E-state index in [9.17, 15) is 4.79 Å². The number of amides is 1. The van der Waals surface area contributed by atoms with Crippen LogP contribution in [0.25, 0.3) is 10.9 Å².